The van der Waals surface area contributed by atoms with Crippen molar-refractivity contribution in [1.82, 2.24) is 20.1 Å². The molecule has 0 saturated heterocycles. The zero-order valence-electron chi connectivity index (χ0n) is 30.5. The van der Waals surface area contributed by atoms with Gasteiger partial charge in [0, 0.05) is 49.1 Å². The fraction of sp³-hybridized carbons (Fsp3) is 0.432. The Labute approximate surface area is 323 Å². The van der Waals surface area contributed by atoms with Gasteiger partial charge >= 0.3 is 12.1 Å². The highest BCUT2D eigenvalue weighted by atomic mass is 79.9. The molecule has 0 spiro atoms. The predicted molar refractivity (Wildman–Crippen MR) is 197 cm³/mol. The van der Waals surface area contributed by atoms with Gasteiger partial charge in [0.15, 0.2) is 5.78 Å². The van der Waals surface area contributed by atoms with Crippen LogP contribution in [0.3, 0.4) is 0 Å². The van der Waals surface area contributed by atoms with Crippen LogP contribution in [0.4, 0.5) is 22.0 Å². The van der Waals surface area contributed by atoms with Crippen LogP contribution < -0.4 is 16.4 Å². The number of halogens is 6. The average Bonchev–Trinajstić information content (AvgIpc) is 3.52. The molecule has 0 unspecified atom stereocenters. The lowest BCUT2D eigenvalue weighted by atomic mass is 9.82. The topological polar surface area (TPSA) is 184 Å². The maximum absolute atomic E-state index is 15.0. The number of aliphatic carboxylic acids is 1. The molecule has 3 rings (SSSR count). The van der Waals surface area contributed by atoms with E-state index in [2.05, 4.69) is 26.6 Å². The third kappa shape index (κ3) is 15.2. The number of amides is 3. The lowest BCUT2D eigenvalue weighted by Crippen LogP contribution is -2.47. The Morgan fingerprint density at radius 2 is 1.62 bits per heavy atom. The number of Topliss-reactive ketones (excluding diaryl/α,β-unsaturated/α-hetero) is 1. The smallest absolute Gasteiger partial charge is 0.475 e. The van der Waals surface area contributed by atoms with Crippen LogP contribution in [-0.4, -0.2) is 92.9 Å². The molecule has 1 aromatic heterocycles. The number of aliphatic hydroxyl groups is 1. The van der Waals surface area contributed by atoms with Crippen LogP contribution in [0.2, 0.25) is 0 Å². The Balaban J connectivity index is 0.00000136. The highest BCUT2D eigenvalue weighted by molar-refractivity contribution is 9.09. The van der Waals surface area contributed by atoms with Gasteiger partial charge in [-0.3, -0.25) is 19.2 Å². The Morgan fingerprint density at radius 1 is 0.982 bits per heavy atom. The molecule has 0 aliphatic heterocycles. The van der Waals surface area contributed by atoms with Crippen molar-refractivity contribution in [3.63, 3.8) is 0 Å². The number of carboxylic acids is 1. The minimum absolute atomic E-state index is 0.0157. The Kier molecular flexibility index (Phi) is 18.1. The van der Waals surface area contributed by atoms with Crippen molar-refractivity contribution in [3.8, 4) is 11.1 Å². The van der Waals surface area contributed by atoms with Crippen molar-refractivity contribution in [2.75, 3.05) is 31.6 Å². The number of benzene rings is 2. The van der Waals surface area contributed by atoms with Gasteiger partial charge in [-0.25, -0.2) is 13.6 Å². The minimum atomic E-state index is -5.08. The zero-order valence-corrected chi connectivity index (χ0v) is 32.1. The van der Waals surface area contributed by atoms with E-state index in [4.69, 9.17) is 15.6 Å². The Bertz CT molecular complexity index is 1770. The summed E-state index contributed by atoms with van der Waals surface area (Å²) in [6.07, 6.45) is -2.78. The van der Waals surface area contributed by atoms with E-state index >= 15 is 0 Å². The number of carbonyl (C=O) groups is 5. The van der Waals surface area contributed by atoms with E-state index in [0.29, 0.717) is 24.2 Å². The summed E-state index contributed by atoms with van der Waals surface area (Å²) in [6.45, 7) is 5.49. The molecule has 302 valence electrons. The SMILES string of the molecule is CC(C)(C)[C@H](c1cc(-c2cc(F)ccc2F)cn1Cc1ccccc1)N(CC[C@H](N)C(=O)NCCCC(=O)CNC(=O)CBr)C(=O)CO.O=C(O)C(F)(F)F. The molecular weight excluding hydrogens is 801 g/mol. The maximum atomic E-state index is 15.0. The number of carboxylic acid groups (broad SMARTS) is 1. The van der Waals surface area contributed by atoms with Gasteiger partial charge in [-0.05, 0) is 48.1 Å². The van der Waals surface area contributed by atoms with Gasteiger partial charge in [0.1, 0.15) is 18.2 Å². The van der Waals surface area contributed by atoms with Gasteiger partial charge in [-0.15, -0.1) is 0 Å². The zero-order chi connectivity index (χ0) is 41.5. The number of hydrogen-bond donors (Lipinski definition) is 5. The van der Waals surface area contributed by atoms with E-state index in [1.165, 1.54) is 4.90 Å². The van der Waals surface area contributed by atoms with Crippen molar-refractivity contribution < 1.29 is 56.1 Å². The second-order valence-corrected chi connectivity index (χ2v) is 14.0. The van der Waals surface area contributed by atoms with Gasteiger partial charge < -0.3 is 36.0 Å². The summed E-state index contributed by atoms with van der Waals surface area (Å²) in [5.41, 5.74) is 7.66. The van der Waals surface area contributed by atoms with Crippen molar-refractivity contribution in [3.05, 3.63) is 83.7 Å². The number of carbonyl (C=O) groups excluding carboxylic acids is 4. The summed E-state index contributed by atoms with van der Waals surface area (Å²) in [5, 5.41) is 22.4. The lowest BCUT2D eigenvalue weighted by Gasteiger charge is -2.41. The summed E-state index contributed by atoms with van der Waals surface area (Å²) in [6, 6.07) is 12.8. The molecule has 3 amide bonds. The highest BCUT2D eigenvalue weighted by Crippen LogP contribution is 2.41. The number of nitrogens with one attached hydrogen (secondary N) is 2. The first kappa shape index (κ1) is 46.5. The van der Waals surface area contributed by atoms with Gasteiger partial charge in [0.2, 0.25) is 17.7 Å². The van der Waals surface area contributed by atoms with Gasteiger partial charge in [0.25, 0.3) is 0 Å². The largest absolute Gasteiger partial charge is 0.490 e. The third-order valence-corrected chi connectivity index (χ3v) is 8.54. The predicted octanol–water partition coefficient (Wildman–Crippen LogP) is 4.72. The van der Waals surface area contributed by atoms with Crippen LogP contribution in [0, 0.1) is 17.0 Å². The molecule has 0 aliphatic rings. The fourth-order valence-corrected chi connectivity index (χ4v) is 5.67. The van der Waals surface area contributed by atoms with Crippen molar-refractivity contribution in [1.29, 1.82) is 0 Å². The number of hydrogen-bond acceptors (Lipinski definition) is 7. The molecule has 12 nitrogen and oxygen atoms in total. The van der Waals surface area contributed by atoms with Crippen LogP contribution in [0.1, 0.15) is 57.3 Å². The number of nitrogens with zero attached hydrogens (tertiary/aromatic N) is 2. The summed E-state index contributed by atoms with van der Waals surface area (Å²) >= 11 is 3.01. The second-order valence-electron chi connectivity index (χ2n) is 13.4. The summed E-state index contributed by atoms with van der Waals surface area (Å²) in [4.78, 5) is 59.8. The van der Waals surface area contributed by atoms with Crippen LogP contribution in [0.15, 0.2) is 60.8 Å². The molecule has 0 fully saturated rings. The molecular formula is C37H45BrF5N5O7. The second kappa shape index (κ2) is 21.4. The molecule has 3 aromatic rings. The van der Waals surface area contributed by atoms with Gasteiger partial charge in [-0.2, -0.15) is 13.2 Å². The first-order valence-corrected chi connectivity index (χ1v) is 18.1. The number of ketones is 1. The summed E-state index contributed by atoms with van der Waals surface area (Å²) in [7, 11) is 0. The first-order valence-electron chi connectivity index (χ1n) is 17.0. The van der Waals surface area contributed by atoms with Crippen molar-refractivity contribution in [2.24, 2.45) is 11.1 Å². The molecule has 2 atom stereocenters. The van der Waals surface area contributed by atoms with Crippen LogP contribution in [0.5, 0.6) is 0 Å². The van der Waals surface area contributed by atoms with E-state index in [9.17, 15) is 46.2 Å². The molecule has 2 aromatic carbocycles. The van der Waals surface area contributed by atoms with E-state index in [0.717, 1.165) is 23.8 Å². The summed E-state index contributed by atoms with van der Waals surface area (Å²) < 4.78 is 62.8. The lowest BCUT2D eigenvalue weighted by molar-refractivity contribution is -0.192. The molecule has 6 N–H and O–H groups in total. The van der Waals surface area contributed by atoms with Crippen LogP contribution in [-0.2, 0) is 30.5 Å². The first-order chi connectivity index (χ1) is 25.7. The third-order valence-electron chi connectivity index (χ3n) is 8.03. The molecule has 1 heterocycles. The summed E-state index contributed by atoms with van der Waals surface area (Å²) in [5.74, 6) is -5.46. The van der Waals surface area contributed by atoms with Gasteiger partial charge in [-0.1, -0.05) is 67.0 Å². The average molecular weight is 847 g/mol. The number of nitrogens with two attached hydrogens (primary N) is 1. The molecule has 0 radical (unpaired) electrons. The Morgan fingerprint density at radius 3 is 2.18 bits per heavy atom. The maximum Gasteiger partial charge on any atom is 0.490 e. The van der Waals surface area contributed by atoms with Crippen LogP contribution in [0.25, 0.3) is 11.1 Å². The molecule has 18 heteroatoms. The monoisotopic (exact) mass is 845 g/mol. The Hall–Kier alpha value is -4.68. The van der Waals surface area contributed by atoms with Crippen molar-refractivity contribution in [2.45, 2.75) is 64.8 Å². The van der Waals surface area contributed by atoms with E-state index in [1.807, 2.05) is 55.7 Å². The van der Waals surface area contributed by atoms with E-state index < -0.39 is 59.7 Å². The molecule has 0 bridgehead atoms. The minimum Gasteiger partial charge on any atom is -0.475 e. The number of aliphatic hydroxyl groups excluding tert-OH is 1. The molecule has 0 aliphatic carbocycles. The standard InChI is InChI=1S/C35H44BrF2N5O5.C2HF3O2/c1-35(2,3)33(30-16-24(27-17-25(37)11-12-28(27)38)21-42(30)20-23-8-5-4-6-9-23)43(32(47)22-44)15-13-29(39)34(48)40-14-7-10-26(45)19-41-31(46)18-36;3-2(4,5)1(6)7/h4-6,8-9,11-12,16-17,21,29,33,44H,7,10,13-15,18-20,22,39H2,1-3H3,(H,40,48)(H,41,46);(H,6,7)/t29-,33-;/m0./s1. The fourth-order valence-electron chi connectivity index (χ4n) is 5.47. The highest BCUT2D eigenvalue weighted by Gasteiger charge is 2.39. The molecule has 55 heavy (non-hydrogen) atoms. The normalized spacial score (nSPS) is 12.5. The van der Waals surface area contributed by atoms with Gasteiger partial charge in [0.05, 0.1) is 24.0 Å². The molecule has 0 saturated carbocycles. The van der Waals surface area contributed by atoms with Crippen LogP contribution >= 0.6 is 15.9 Å². The number of aromatic nitrogens is 1. The van der Waals surface area contributed by atoms with E-state index in [-0.39, 0.29) is 55.1 Å². The number of rotatable bonds is 17. The van der Waals surface area contributed by atoms with E-state index in [1.54, 1.807) is 12.3 Å². The van der Waals surface area contributed by atoms with Crippen molar-refractivity contribution >= 4 is 45.4 Å². The number of alkyl halides is 4. The quantitative estimate of drug-likeness (QED) is 0.0735.